The van der Waals surface area contributed by atoms with Crippen molar-refractivity contribution in [1.29, 1.82) is 0 Å². The summed E-state index contributed by atoms with van der Waals surface area (Å²) in [6.45, 7) is 1.55. The molecule has 1 aromatic rings. The van der Waals surface area contributed by atoms with E-state index in [1.165, 1.54) is 6.92 Å². The minimum absolute atomic E-state index is 0.0179. The number of hydrogen-bond acceptors (Lipinski definition) is 4. The van der Waals surface area contributed by atoms with Crippen LogP contribution in [-0.2, 0) is 20.9 Å². The molecule has 92 valence electrons. The van der Waals surface area contributed by atoms with Crippen molar-refractivity contribution in [1.82, 2.24) is 0 Å². The van der Waals surface area contributed by atoms with Crippen molar-refractivity contribution in [3.05, 3.63) is 35.9 Å². The maximum absolute atomic E-state index is 11.6. The van der Waals surface area contributed by atoms with Crippen molar-refractivity contribution in [3.8, 4) is 0 Å². The fraction of sp³-hybridized carbons (Fsp3) is 0.333. The van der Waals surface area contributed by atoms with Crippen LogP contribution in [0.2, 0.25) is 0 Å². The largest absolute Gasteiger partial charge is 0.479 e. The average Bonchev–Trinajstić information content (AvgIpc) is 2.35. The van der Waals surface area contributed by atoms with Crippen molar-refractivity contribution in [3.63, 3.8) is 0 Å². The van der Waals surface area contributed by atoms with E-state index >= 15 is 0 Å². The van der Waals surface area contributed by atoms with E-state index in [2.05, 4.69) is 0 Å². The molecule has 5 heteroatoms. The van der Waals surface area contributed by atoms with E-state index in [-0.39, 0.29) is 13.0 Å². The van der Waals surface area contributed by atoms with Crippen molar-refractivity contribution in [2.24, 2.45) is 5.73 Å². The molecule has 0 bridgehead atoms. The molecular weight excluding hydrogens is 222 g/mol. The third-order valence-electron chi connectivity index (χ3n) is 2.52. The second-order valence-electron chi connectivity index (χ2n) is 3.69. The topological polar surface area (TPSA) is 89.6 Å². The van der Waals surface area contributed by atoms with E-state index < -0.39 is 17.5 Å². The molecule has 0 aliphatic carbocycles. The molecule has 0 saturated carbocycles. The Morgan fingerprint density at radius 1 is 1.35 bits per heavy atom. The number of carboxylic acid groups (broad SMARTS) is 1. The number of benzene rings is 1. The van der Waals surface area contributed by atoms with Crippen LogP contribution in [0.3, 0.4) is 0 Å². The van der Waals surface area contributed by atoms with E-state index in [9.17, 15) is 9.59 Å². The molecule has 1 unspecified atom stereocenters. The van der Waals surface area contributed by atoms with E-state index in [0.717, 1.165) is 5.56 Å². The van der Waals surface area contributed by atoms with Crippen LogP contribution in [0, 0.1) is 0 Å². The summed E-state index contributed by atoms with van der Waals surface area (Å²) >= 11 is 0. The van der Waals surface area contributed by atoms with Gasteiger partial charge in [-0.15, -0.1) is 0 Å². The molecule has 1 atom stereocenters. The lowest BCUT2D eigenvalue weighted by molar-refractivity contribution is -0.162. The number of rotatable bonds is 5. The van der Waals surface area contributed by atoms with Crippen LogP contribution in [-0.4, -0.2) is 22.6 Å². The number of carbonyl (C=O) groups excluding carboxylic acids is 1. The third-order valence-corrected chi connectivity index (χ3v) is 2.52. The van der Waals surface area contributed by atoms with Crippen LogP contribution >= 0.6 is 0 Å². The molecule has 0 aliphatic rings. The normalized spacial score (nSPS) is 13.8. The maximum atomic E-state index is 11.6. The summed E-state index contributed by atoms with van der Waals surface area (Å²) in [5.74, 6) is -2.30. The smallest absolute Gasteiger partial charge is 0.338 e. The molecule has 1 aromatic carbocycles. The Balaban J connectivity index is 2.64. The van der Waals surface area contributed by atoms with Crippen LogP contribution in [0.1, 0.15) is 18.9 Å². The lowest BCUT2D eigenvalue weighted by atomic mass is 9.98. The first kappa shape index (κ1) is 13.2. The van der Waals surface area contributed by atoms with Gasteiger partial charge in [-0.1, -0.05) is 37.3 Å². The van der Waals surface area contributed by atoms with Gasteiger partial charge in [0.2, 0.25) is 5.54 Å². The Morgan fingerprint density at radius 3 is 2.41 bits per heavy atom. The highest BCUT2D eigenvalue weighted by atomic mass is 16.5. The summed E-state index contributed by atoms with van der Waals surface area (Å²) in [5, 5.41) is 8.87. The Bertz CT molecular complexity index is 404. The van der Waals surface area contributed by atoms with Crippen LogP contribution < -0.4 is 5.73 Å². The molecule has 0 radical (unpaired) electrons. The van der Waals surface area contributed by atoms with Gasteiger partial charge in [-0.3, -0.25) is 0 Å². The molecule has 0 saturated heterocycles. The van der Waals surface area contributed by atoms with Crippen LogP contribution in [0.25, 0.3) is 0 Å². The average molecular weight is 237 g/mol. The standard InChI is InChI=1S/C12H15NO4/c1-2-12(13,10(14)15)11(16)17-8-9-6-4-3-5-7-9/h3-7H,2,8,13H2,1H3,(H,14,15). The number of ether oxygens (including phenoxy) is 1. The third kappa shape index (κ3) is 3.04. The van der Waals surface area contributed by atoms with Crippen molar-refractivity contribution in [2.45, 2.75) is 25.5 Å². The van der Waals surface area contributed by atoms with Gasteiger partial charge in [0.05, 0.1) is 0 Å². The van der Waals surface area contributed by atoms with Gasteiger partial charge in [0.1, 0.15) is 6.61 Å². The zero-order valence-corrected chi connectivity index (χ0v) is 9.55. The fourth-order valence-corrected chi connectivity index (χ4v) is 1.23. The Morgan fingerprint density at radius 2 is 1.94 bits per heavy atom. The molecule has 5 nitrogen and oxygen atoms in total. The molecular formula is C12H15NO4. The zero-order chi connectivity index (χ0) is 12.9. The quantitative estimate of drug-likeness (QED) is 0.587. The van der Waals surface area contributed by atoms with Gasteiger partial charge in [0.15, 0.2) is 0 Å². The molecule has 17 heavy (non-hydrogen) atoms. The second-order valence-corrected chi connectivity index (χ2v) is 3.69. The van der Waals surface area contributed by atoms with Gasteiger partial charge in [-0.2, -0.15) is 0 Å². The highest BCUT2D eigenvalue weighted by Crippen LogP contribution is 2.11. The molecule has 0 aliphatic heterocycles. The van der Waals surface area contributed by atoms with E-state index in [1.807, 2.05) is 6.07 Å². The Hall–Kier alpha value is -1.88. The summed E-state index contributed by atoms with van der Waals surface area (Å²) in [7, 11) is 0. The molecule has 0 spiro atoms. The minimum Gasteiger partial charge on any atom is -0.479 e. The number of hydrogen-bond donors (Lipinski definition) is 2. The summed E-state index contributed by atoms with van der Waals surface area (Å²) in [5.41, 5.74) is 4.29. The van der Waals surface area contributed by atoms with Gasteiger partial charge in [0, 0.05) is 0 Å². The Kier molecular flexibility index (Phi) is 4.23. The van der Waals surface area contributed by atoms with E-state index in [0.29, 0.717) is 0 Å². The van der Waals surface area contributed by atoms with Crippen LogP contribution in [0.4, 0.5) is 0 Å². The lowest BCUT2D eigenvalue weighted by Crippen LogP contribution is -2.55. The zero-order valence-electron chi connectivity index (χ0n) is 9.55. The van der Waals surface area contributed by atoms with Crippen molar-refractivity contribution >= 4 is 11.9 Å². The number of carbonyl (C=O) groups is 2. The first-order chi connectivity index (χ1) is 8.00. The van der Waals surface area contributed by atoms with Crippen molar-refractivity contribution in [2.75, 3.05) is 0 Å². The summed E-state index contributed by atoms with van der Waals surface area (Å²) in [6.07, 6.45) is -0.0179. The molecule has 0 aromatic heterocycles. The van der Waals surface area contributed by atoms with E-state index in [1.54, 1.807) is 24.3 Å². The first-order valence-corrected chi connectivity index (χ1v) is 5.24. The molecule has 0 heterocycles. The number of aliphatic carboxylic acids is 1. The SMILES string of the molecule is CCC(N)(C(=O)O)C(=O)OCc1ccccc1. The minimum atomic E-state index is -1.96. The highest BCUT2D eigenvalue weighted by molar-refractivity contribution is 6.03. The monoisotopic (exact) mass is 237 g/mol. The van der Waals surface area contributed by atoms with Gasteiger partial charge >= 0.3 is 11.9 Å². The highest BCUT2D eigenvalue weighted by Gasteiger charge is 2.42. The number of carboxylic acids is 1. The predicted octanol–water partition coefficient (Wildman–Crippen LogP) is 0.922. The Labute approximate surface area is 99.2 Å². The van der Waals surface area contributed by atoms with Gasteiger partial charge < -0.3 is 15.6 Å². The molecule has 0 amide bonds. The maximum Gasteiger partial charge on any atom is 0.338 e. The van der Waals surface area contributed by atoms with Crippen LogP contribution in [0.15, 0.2) is 30.3 Å². The van der Waals surface area contributed by atoms with Gasteiger partial charge in [-0.05, 0) is 12.0 Å². The van der Waals surface area contributed by atoms with Crippen LogP contribution in [0.5, 0.6) is 0 Å². The molecule has 0 fully saturated rings. The summed E-state index contributed by atoms with van der Waals surface area (Å²) in [6, 6.07) is 8.99. The van der Waals surface area contributed by atoms with Gasteiger partial charge in [-0.25, -0.2) is 9.59 Å². The first-order valence-electron chi connectivity index (χ1n) is 5.24. The second kappa shape index (κ2) is 5.45. The number of esters is 1. The molecule has 3 N–H and O–H groups in total. The summed E-state index contributed by atoms with van der Waals surface area (Å²) in [4.78, 5) is 22.5. The molecule has 1 rings (SSSR count). The predicted molar refractivity (Wildman–Crippen MR) is 61.1 cm³/mol. The number of nitrogens with two attached hydrogens (primary N) is 1. The fourth-order valence-electron chi connectivity index (χ4n) is 1.23. The van der Waals surface area contributed by atoms with Crippen molar-refractivity contribution < 1.29 is 19.4 Å². The van der Waals surface area contributed by atoms with Gasteiger partial charge in [0.25, 0.3) is 0 Å². The summed E-state index contributed by atoms with van der Waals surface area (Å²) < 4.78 is 4.90. The van der Waals surface area contributed by atoms with E-state index in [4.69, 9.17) is 15.6 Å². The lowest BCUT2D eigenvalue weighted by Gasteiger charge is -2.20.